The molecule has 2 unspecified atom stereocenters. The van der Waals surface area contributed by atoms with E-state index < -0.39 is 12.0 Å². The SMILES string of the molecule is CC(c1ccc(Cl)cc1Cl)N1CCNCC1C(=O)O. The molecule has 0 radical (unpaired) electrons. The molecule has 0 amide bonds. The van der Waals surface area contributed by atoms with Crippen molar-refractivity contribution < 1.29 is 9.90 Å². The highest BCUT2D eigenvalue weighted by molar-refractivity contribution is 6.35. The lowest BCUT2D eigenvalue weighted by molar-refractivity contribution is -0.145. The molecular formula is C13H16Cl2N2O2. The number of aliphatic carboxylic acids is 1. The number of benzene rings is 1. The lowest BCUT2D eigenvalue weighted by Gasteiger charge is -2.38. The number of hydrogen-bond donors (Lipinski definition) is 2. The third-order valence-corrected chi connectivity index (χ3v) is 4.04. The minimum Gasteiger partial charge on any atom is -0.480 e. The number of hydrogen-bond acceptors (Lipinski definition) is 3. The van der Waals surface area contributed by atoms with Gasteiger partial charge in [-0.15, -0.1) is 0 Å². The Kier molecular flexibility index (Phi) is 4.68. The van der Waals surface area contributed by atoms with Gasteiger partial charge in [0.25, 0.3) is 0 Å². The summed E-state index contributed by atoms with van der Waals surface area (Å²) in [7, 11) is 0. The molecule has 6 heteroatoms. The monoisotopic (exact) mass is 302 g/mol. The summed E-state index contributed by atoms with van der Waals surface area (Å²) >= 11 is 12.1. The summed E-state index contributed by atoms with van der Waals surface area (Å²) in [5, 5.41) is 13.5. The Bertz CT molecular complexity index is 482. The molecule has 1 fully saturated rings. The van der Waals surface area contributed by atoms with Crippen molar-refractivity contribution in [2.24, 2.45) is 0 Å². The molecule has 4 nitrogen and oxygen atoms in total. The van der Waals surface area contributed by atoms with Gasteiger partial charge >= 0.3 is 5.97 Å². The fourth-order valence-corrected chi connectivity index (χ4v) is 3.00. The molecular weight excluding hydrogens is 287 g/mol. The van der Waals surface area contributed by atoms with Crippen molar-refractivity contribution in [3.05, 3.63) is 33.8 Å². The Labute approximate surface area is 122 Å². The smallest absolute Gasteiger partial charge is 0.322 e. The Morgan fingerprint density at radius 3 is 2.89 bits per heavy atom. The largest absolute Gasteiger partial charge is 0.480 e. The highest BCUT2D eigenvalue weighted by Gasteiger charge is 2.32. The average Bonchev–Trinajstić information content (AvgIpc) is 2.38. The predicted octanol–water partition coefficient (Wildman–Crippen LogP) is 2.41. The Morgan fingerprint density at radius 2 is 2.26 bits per heavy atom. The van der Waals surface area contributed by atoms with Crippen LogP contribution >= 0.6 is 23.2 Å². The van der Waals surface area contributed by atoms with Crippen LogP contribution in [0.1, 0.15) is 18.5 Å². The van der Waals surface area contributed by atoms with Gasteiger partial charge in [-0.1, -0.05) is 29.3 Å². The van der Waals surface area contributed by atoms with Crippen LogP contribution in [0.4, 0.5) is 0 Å². The highest BCUT2D eigenvalue weighted by atomic mass is 35.5. The number of rotatable bonds is 3. The van der Waals surface area contributed by atoms with E-state index in [9.17, 15) is 9.90 Å². The maximum absolute atomic E-state index is 11.3. The minimum absolute atomic E-state index is 0.0621. The zero-order valence-corrected chi connectivity index (χ0v) is 12.1. The number of carboxylic acid groups (broad SMARTS) is 1. The van der Waals surface area contributed by atoms with E-state index in [1.54, 1.807) is 12.1 Å². The first kappa shape index (κ1) is 14.6. The second-order valence-corrected chi connectivity index (χ2v) is 5.48. The Balaban J connectivity index is 2.25. The topological polar surface area (TPSA) is 52.6 Å². The van der Waals surface area contributed by atoms with Gasteiger partial charge < -0.3 is 10.4 Å². The first-order valence-electron chi connectivity index (χ1n) is 6.15. The summed E-state index contributed by atoms with van der Waals surface area (Å²) in [4.78, 5) is 13.3. The van der Waals surface area contributed by atoms with E-state index in [4.69, 9.17) is 23.2 Å². The summed E-state index contributed by atoms with van der Waals surface area (Å²) in [5.74, 6) is -0.816. The van der Waals surface area contributed by atoms with Gasteiger partial charge in [-0.2, -0.15) is 0 Å². The van der Waals surface area contributed by atoms with Crippen LogP contribution in [-0.2, 0) is 4.79 Å². The van der Waals surface area contributed by atoms with Gasteiger partial charge in [-0.25, -0.2) is 0 Å². The molecule has 0 aliphatic carbocycles. The second-order valence-electron chi connectivity index (χ2n) is 4.64. The molecule has 1 aliphatic heterocycles. The first-order chi connectivity index (χ1) is 9.00. The Hall–Kier alpha value is -0.810. The zero-order chi connectivity index (χ0) is 14.0. The highest BCUT2D eigenvalue weighted by Crippen LogP contribution is 2.31. The molecule has 104 valence electrons. The van der Waals surface area contributed by atoms with Crippen molar-refractivity contribution in [2.75, 3.05) is 19.6 Å². The number of nitrogens with one attached hydrogen (secondary N) is 1. The number of piperazine rings is 1. The van der Waals surface area contributed by atoms with Crippen LogP contribution in [0.3, 0.4) is 0 Å². The van der Waals surface area contributed by atoms with Gasteiger partial charge in [0.2, 0.25) is 0 Å². The van der Waals surface area contributed by atoms with Crippen molar-refractivity contribution in [3.8, 4) is 0 Å². The quantitative estimate of drug-likeness (QED) is 0.900. The van der Waals surface area contributed by atoms with Crippen molar-refractivity contribution in [1.82, 2.24) is 10.2 Å². The van der Waals surface area contributed by atoms with Crippen molar-refractivity contribution in [2.45, 2.75) is 19.0 Å². The fourth-order valence-electron chi connectivity index (χ4n) is 2.43. The van der Waals surface area contributed by atoms with Crippen LogP contribution < -0.4 is 5.32 Å². The maximum atomic E-state index is 11.3. The molecule has 0 bridgehead atoms. The van der Waals surface area contributed by atoms with Crippen LogP contribution in [0, 0.1) is 0 Å². The zero-order valence-electron chi connectivity index (χ0n) is 10.6. The van der Waals surface area contributed by atoms with Crippen LogP contribution in [0.5, 0.6) is 0 Å². The van der Waals surface area contributed by atoms with E-state index in [1.807, 2.05) is 17.9 Å². The molecule has 0 aromatic heterocycles. The van der Waals surface area contributed by atoms with Crippen LogP contribution in [-0.4, -0.2) is 41.7 Å². The molecule has 0 spiro atoms. The van der Waals surface area contributed by atoms with Gasteiger partial charge in [0.1, 0.15) is 6.04 Å². The number of nitrogens with zero attached hydrogens (tertiary/aromatic N) is 1. The third-order valence-electron chi connectivity index (χ3n) is 3.48. The van der Waals surface area contributed by atoms with Crippen molar-refractivity contribution in [1.29, 1.82) is 0 Å². The number of halogens is 2. The van der Waals surface area contributed by atoms with Crippen LogP contribution in [0.2, 0.25) is 10.0 Å². The van der Waals surface area contributed by atoms with Gasteiger partial charge in [-0.05, 0) is 24.6 Å². The summed E-state index contributed by atoms with van der Waals surface area (Å²) < 4.78 is 0. The molecule has 1 aliphatic rings. The Morgan fingerprint density at radius 1 is 1.53 bits per heavy atom. The van der Waals surface area contributed by atoms with Crippen LogP contribution in [0.25, 0.3) is 0 Å². The second kappa shape index (κ2) is 6.09. The van der Waals surface area contributed by atoms with Crippen LogP contribution in [0.15, 0.2) is 18.2 Å². The van der Waals surface area contributed by atoms with E-state index in [0.29, 0.717) is 23.1 Å². The van der Waals surface area contributed by atoms with Crippen molar-refractivity contribution >= 4 is 29.2 Å². The molecule has 2 N–H and O–H groups in total. The summed E-state index contributed by atoms with van der Waals surface area (Å²) in [6, 6.07) is 4.73. The lowest BCUT2D eigenvalue weighted by Crippen LogP contribution is -2.55. The van der Waals surface area contributed by atoms with E-state index in [0.717, 1.165) is 12.1 Å². The van der Waals surface area contributed by atoms with E-state index in [-0.39, 0.29) is 6.04 Å². The average molecular weight is 303 g/mol. The minimum atomic E-state index is -0.816. The molecule has 2 atom stereocenters. The summed E-state index contributed by atoms with van der Waals surface area (Å²) in [5.41, 5.74) is 0.902. The predicted molar refractivity (Wildman–Crippen MR) is 75.9 cm³/mol. The van der Waals surface area contributed by atoms with E-state index in [1.165, 1.54) is 0 Å². The van der Waals surface area contributed by atoms with Gasteiger partial charge in [0.15, 0.2) is 0 Å². The maximum Gasteiger partial charge on any atom is 0.322 e. The third kappa shape index (κ3) is 3.20. The number of carboxylic acids is 1. The van der Waals surface area contributed by atoms with Gasteiger partial charge in [-0.3, -0.25) is 9.69 Å². The normalized spacial score (nSPS) is 22.2. The molecule has 2 rings (SSSR count). The molecule has 1 aromatic carbocycles. The molecule has 0 saturated carbocycles. The van der Waals surface area contributed by atoms with E-state index in [2.05, 4.69) is 5.32 Å². The fraction of sp³-hybridized carbons (Fsp3) is 0.462. The molecule has 1 saturated heterocycles. The summed E-state index contributed by atoms with van der Waals surface area (Å²) in [6.45, 7) is 3.87. The van der Waals surface area contributed by atoms with Gasteiger partial charge in [0, 0.05) is 35.7 Å². The molecule has 1 aromatic rings. The standard InChI is InChI=1S/C13H16Cl2N2O2/c1-8(10-3-2-9(14)6-11(10)15)17-5-4-16-7-12(17)13(18)19/h2-3,6,8,12,16H,4-5,7H2,1H3,(H,18,19). The lowest BCUT2D eigenvalue weighted by atomic mass is 10.0. The number of carbonyl (C=O) groups is 1. The first-order valence-corrected chi connectivity index (χ1v) is 6.90. The summed E-state index contributed by atoms with van der Waals surface area (Å²) in [6.07, 6.45) is 0. The molecule has 1 heterocycles. The van der Waals surface area contributed by atoms with Gasteiger partial charge in [0.05, 0.1) is 0 Å². The van der Waals surface area contributed by atoms with E-state index >= 15 is 0 Å². The molecule has 19 heavy (non-hydrogen) atoms. The van der Waals surface area contributed by atoms with Crippen molar-refractivity contribution in [3.63, 3.8) is 0 Å².